The standard InChI is InChI=1S/C23H26N2O5/c1-27-20-8-5-9-21(23(20)28-2)29-16-12-10-15(11-13-16)24-22(26)14-18-17-6-3-4-7-19(17)30-25-18/h3-9,15-16H,10-14H2,1-2H3,(H,24,26). The number of benzene rings is 2. The van der Waals surface area contributed by atoms with E-state index < -0.39 is 0 Å². The molecule has 2 aromatic carbocycles. The maximum Gasteiger partial charge on any atom is 0.226 e. The summed E-state index contributed by atoms with van der Waals surface area (Å²) in [7, 11) is 3.21. The maximum absolute atomic E-state index is 12.5. The second-order valence-electron chi connectivity index (χ2n) is 7.45. The van der Waals surface area contributed by atoms with Gasteiger partial charge in [0.05, 0.1) is 26.7 Å². The first-order chi connectivity index (χ1) is 14.7. The molecule has 0 aliphatic heterocycles. The molecule has 0 atom stereocenters. The van der Waals surface area contributed by atoms with E-state index in [0.29, 0.717) is 28.5 Å². The third-order valence-corrected chi connectivity index (χ3v) is 5.48. The number of methoxy groups -OCH3 is 2. The fourth-order valence-electron chi connectivity index (χ4n) is 3.95. The van der Waals surface area contributed by atoms with Crippen molar-refractivity contribution in [3.63, 3.8) is 0 Å². The Hall–Kier alpha value is -3.22. The number of hydrogen-bond donors (Lipinski definition) is 1. The average Bonchev–Trinajstić information content (AvgIpc) is 3.17. The molecule has 7 nitrogen and oxygen atoms in total. The van der Waals surface area contributed by atoms with Crippen molar-refractivity contribution in [2.75, 3.05) is 14.2 Å². The molecule has 158 valence electrons. The number of nitrogens with zero attached hydrogens (tertiary/aromatic N) is 1. The van der Waals surface area contributed by atoms with Gasteiger partial charge in [0.1, 0.15) is 5.69 Å². The van der Waals surface area contributed by atoms with Crippen LogP contribution in [0.5, 0.6) is 17.2 Å². The Kier molecular flexibility index (Phi) is 6.07. The molecule has 0 bridgehead atoms. The lowest BCUT2D eigenvalue weighted by molar-refractivity contribution is -0.121. The summed E-state index contributed by atoms with van der Waals surface area (Å²) in [6, 6.07) is 13.3. The minimum absolute atomic E-state index is 0.0344. The molecule has 7 heteroatoms. The highest BCUT2D eigenvalue weighted by molar-refractivity contribution is 5.86. The molecule has 30 heavy (non-hydrogen) atoms. The van der Waals surface area contributed by atoms with E-state index in [-0.39, 0.29) is 24.5 Å². The van der Waals surface area contributed by atoms with E-state index in [1.807, 2.05) is 42.5 Å². The van der Waals surface area contributed by atoms with Crippen molar-refractivity contribution in [2.24, 2.45) is 0 Å². The zero-order valence-corrected chi connectivity index (χ0v) is 17.2. The zero-order valence-electron chi connectivity index (χ0n) is 17.2. The van der Waals surface area contributed by atoms with E-state index in [1.165, 1.54) is 0 Å². The molecule has 1 aliphatic carbocycles. The van der Waals surface area contributed by atoms with Crippen LogP contribution in [0.15, 0.2) is 47.0 Å². The number of rotatable bonds is 7. The van der Waals surface area contributed by atoms with Crippen LogP contribution in [0.1, 0.15) is 31.4 Å². The van der Waals surface area contributed by atoms with E-state index in [0.717, 1.165) is 31.1 Å². The van der Waals surface area contributed by atoms with E-state index >= 15 is 0 Å². The molecule has 1 aliphatic rings. The first-order valence-corrected chi connectivity index (χ1v) is 10.2. The van der Waals surface area contributed by atoms with Crippen LogP contribution in [0, 0.1) is 0 Å². The number of fused-ring (bicyclic) bond motifs is 1. The second-order valence-corrected chi connectivity index (χ2v) is 7.45. The van der Waals surface area contributed by atoms with E-state index in [4.69, 9.17) is 18.7 Å². The second kappa shape index (κ2) is 9.07. The van der Waals surface area contributed by atoms with Crippen LogP contribution in [0.3, 0.4) is 0 Å². The van der Waals surface area contributed by atoms with Gasteiger partial charge >= 0.3 is 0 Å². The number of para-hydroxylation sites is 2. The fraction of sp³-hybridized carbons (Fsp3) is 0.391. The smallest absolute Gasteiger partial charge is 0.226 e. The van der Waals surface area contributed by atoms with Gasteiger partial charge in [-0.3, -0.25) is 4.79 Å². The fourth-order valence-corrected chi connectivity index (χ4v) is 3.95. The molecule has 1 amide bonds. The van der Waals surface area contributed by atoms with Crippen molar-refractivity contribution in [3.8, 4) is 17.2 Å². The molecular weight excluding hydrogens is 384 g/mol. The lowest BCUT2D eigenvalue weighted by atomic mass is 9.92. The van der Waals surface area contributed by atoms with Crippen LogP contribution >= 0.6 is 0 Å². The third-order valence-electron chi connectivity index (χ3n) is 5.48. The SMILES string of the molecule is COc1cccc(OC2CCC(NC(=O)Cc3noc4ccccc34)CC2)c1OC. The van der Waals surface area contributed by atoms with Gasteiger partial charge in [0.15, 0.2) is 17.1 Å². The summed E-state index contributed by atoms with van der Waals surface area (Å²) in [5.74, 6) is 1.90. The predicted molar refractivity (Wildman–Crippen MR) is 112 cm³/mol. The van der Waals surface area contributed by atoms with E-state index in [9.17, 15) is 4.79 Å². The van der Waals surface area contributed by atoms with Gasteiger partial charge in [0.2, 0.25) is 11.7 Å². The number of amides is 1. The van der Waals surface area contributed by atoms with Gasteiger partial charge in [0, 0.05) is 11.4 Å². The highest BCUT2D eigenvalue weighted by Gasteiger charge is 2.25. The largest absolute Gasteiger partial charge is 0.493 e. The molecule has 1 aromatic heterocycles. The molecule has 4 rings (SSSR count). The first kappa shape index (κ1) is 20.1. The monoisotopic (exact) mass is 410 g/mol. The molecule has 1 saturated carbocycles. The third kappa shape index (κ3) is 4.35. The predicted octanol–water partition coefficient (Wildman–Crippen LogP) is 3.89. The number of carbonyl (C=O) groups is 1. The minimum atomic E-state index is -0.0344. The number of aromatic nitrogens is 1. The van der Waals surface area contributed by atoms with Crippen molar-refractivity contribution in [1.29, 1.82) is 0 Å². The molecule has 0 spiro atoms. The van der Waals surface area contributed by atoms with Gasteiger partial charge in [0.25, 0.3) is 0 Å². The summed E-state index contributed by atoms with van der Waals surface area (Å²) in [6.45, 7) is 0. The van der Waals surface area contributed by atoms with Crippen LogP contribution in [0.25, 0.3) is 11.0 Å². The summed E-state index contributed by atoms with van der Waals surface area (Å²) >= 11 is 0. The van der Waals surface area contributed by atoms with Crippen molar-refractivity contribution < 1.29 is 23.5 Å². The summed E-state index contributed by atoms with van der Waals surface area (Å²) in [4.78, 5) is 12.5. The Morgan fingerprint density at radius 3 is 2.57 bits per heavy atom. The number of ether oxygens (including phenoxy) is 3. The van der Waals surface area contributed by atoms with E-state index in [1.54, 1.807) is 14.2 Å². The molecule has 0 radical (unpaired) electrons. The Balaban J connectivity index is 1.29. The van der Waals surface area contributed by atoms with Gasteiger partial charge in [-0.05, 0) is 49.9 Å². The van der Waals surface area contributed by atoms with Crippen LogP contribution in [-0.4, -0.2) is 37.4 Å². The van der Waals surface area contributed by atoms with Gasteiger partial charge in [-0.2, -0.15) is 0 Å². The average molecular weight is 410 g/mol. The van der Waals surface area contributed by atoms with Gasteiger partial charge < -0.3 is 24.1 Å². The molecule has 3 aromatic rings. The van der Waals surface area contributed by atoms with Crippen molar-refractivity contribution >= 4 is 16.9 Å². The maximum atomic E-state index is 12.5. The molecule has 1 heterocycles. The quantitative estimate of drug-likeness (QED) is 0.636. The van der Waals surface area contributed by atoms with Gasteiger partial charge in [-0.15, -0.1) is 0 Å². The Labute approximate surface area is 175 Å². The summed E-state index contributed by atoms with van der Waals surface area (Å²) in [5.41, 5.74) is 1.37. The number of carbonyl (C=O) groups excluding carboxylic acids is 1. The van der Waals surface area contributed by atoms with Crippen molar-refractivity contribution in [1.82, 2.24) is 10.5 Å². The van der Waals surface area contributed by atoms with E-state index in [2.05, 4.69) is 10.5 Å². The summed E-state index contributed by atoms with van der Waals surface area (Å²) in [5, 5.41) is 8.05. The highest BCUT2D eigenvalue weighted by Crippen LogP contribution is 2.38. The minimum Gasteiger partial charge on any atom is -0.493 e. The summed E-state index contributed by atoms with van der Waals surface area (Å²) in [6.07, 6.45) is 3.74. The van der Waals surface area contributed by atoms with Crippen LogP contribution < -0.4 is 19.5 Å². The Bertz CT molecular complexity index is 1010. The van der Waals surface area contributed by atoms with Crippen LogP contribution in [0.4, 0.5) is 0 Å². The molecular formula is C23H26N2O5. The lowest BCUT2D eigenvalue weighted by Gasteiger charge is -2.30. The van der Waals surface area contributed by atoms with Crippen LogP contribution in [-0.2, 0) is 11.2 Å². The highest BCUT2D eigenvalue weighted by atomic mass is 16.5. The molecule has 1 fully saturated rings. The Morgan fingerprint density at radius 2 is 1.80 bits per heavy atom. The molecule has 1 N–H and O–H groups in total. The summed E-state index contributed by atoms with van der Waals surface area (Å²) < 4.78 is 22.2. The normalized spacial score (nSPS) is 18.7. The van der Waals surface area contributed by atoms with Gasteiger partial charge in [-0.25, -0.2) is 0 Å². The lowest BCUT2D eigenvalue weighted by Crippen LogP contribution is -2.40. The topological polar surface area (TPSA) is 82.8 Å². The van der Waals surface area contributed by atoms with Gasteiger partial charge in [-0.1, -0.05) is 23.4 Å². The number of hydrogen-bond acceptors (Lipinski definition) is 6. The Morgan fingerprint density at radius 1 is 1.03 bits per heavy atom. The number of nitrogens with one attached hydrogen (secondary N) is 1. The van der Waals surface area contributed by atoms with Crippen LogP contribution in [0.2, 0.25) is 0 Å². The first-order valence-electron chi connectivity index (χ1n) is 10.2. The van der Waals surface area contributed by atoms with Crippen molar-refractivity contribution in [2.45, 2.75) is 44.2 Å². The molecule has 0 saturated heterocycles. The zero-order chi connectivity index (χ0) is 20.9. The van der Waals surface area contributed by atoms with Crippen molar-refractivity contribution in [3.05, 3.63) is 48.2 Å². The molecule has 0 unspecified atom stereocenters.